The van der Waals surface area contributed by atoms with Crippen molar-refractivity contribution in [2.75, 3.05) is 25.6 Å². The van der Waals surface area contributed by atoms with E-state index in [0.717, 1.165) is 16.9 Å². The SMILES string of the molecule is COc1cccc(CNC(=O)COC(=O)COc2ccc(Nc3ccccc3)cc2)c1. The van der Waals surface area contributed by atoms with E-state index in [9.17, 15) is 9.59 Å². The second-order valence-electron chi connectivity index (χ2n) is 6.59. The van der Waals surface area contributed by atoms with Crippen molar-refractivity contribution < 1.29 is 23.8 Å². The highest BCUT2D eigenvalue weighted by molar-refractivity contribution is 5.80. The molecule has 0 unspecified atom stereocenters. The minimum atomic E-state index is -0.622. The number of ether oxygens (including phenoxy) is 3. The zero-order valence-electron chi connectivity index (χ0n) is 17.2. The van der Waals surface area contributed by atoms with Gasteiger partial charge in [-0.1, -0.05) is 30.3 Å². The van der Waals surface area contributed by atoms with Crippen molar-refractivity contribution in [1.82, 2.24) is 5.32 Å². The Balaban J connectivity index is 1.35. The van der Waals surface area contributed by atoms with Crippen LogP contribution in [0.1, 0.15) is 5.56 Å². The molecule has 0 heterocycles. The molecule has 0 saturated heterocycles. The average Bonchev–Trinajstić information content (AvgIpc) is 2.81. The Morgan fingerprint density at radius 1 is 0.806 bits per heavy atom. The zero-order chi connectivity index (χ0) is 21.9. The fraction of sp³-hybridized carbons (Fsp3) is 0.167. The molecule has 0 aliphatic heterocycles. The lowest BCUT2D eigenvalue weighted by molar-refractivity contribution is -0.150. The highest BCUT2D eigenvalue weighted by Gasteiger charge is 2.09. The van der Waals surface area contributed by atoms with E-state index in [2.05, 4.69) is 10.6 Å². The quantitative estimate of drug-likeness (QED) is 0.487. The number of amides is 1. The van der Waals surface area contributed by atoms with Gasteiger partial charge in [0, 0.05) is 17.9 Å². The van der Waals surface area contributed by atoms with Gasteiger partial charge in [0.25, 0.3) is 5.91 Å². The lowest BCUT2D eigenvalue weighted by Crippen LogP contribution is -2.29. The lowest BCUT2D eigenvalue weighted by atomic mass is 10.2. The van der Waals surface area contributed by atoms with Crippen LogP contribution in [0.25, 0.3) is 0 Å². The normalized spacial score (nSPS) is 10.1. The van der Waals surface area contributed by atoms with Crippen LogP contribution in [0.15, 0.2) is 78.9 Å². The highest BCUT2D eigenvalue weighted by Crippen LogP contribution is 2.19. The van der Waals surface area contributed by atoms with E-state index in [4.69, 9.17) is 14.2 Å². The van der Waals surface area contributed by atoms with Gasteiger partial charge < -0.3 is 24.8 Å². The largest absolute Gasteiger partial charge is 0.497 e. The maximum absolute atomic E-state index is 11.9. The standard InChI is InChI=1S/C24H24N2O5/c1-29-22-9-5-6-18(14-22)15-25-23(27)16-31-24(28)17-30-21-12-10-20(11-13-21)26-19-7-3-2-4-8-19/h2-14,26H,15-17H2,1H3,(H,25,27). The molecule has 7 nitrogen and oxygen atoms in total. The number of methoxy groups -OCH3 is 1. The van der Waals surface area contributed by atoms with Crippen molar-refractivity contribution in [1.29, 1.82) is 0 Å². The molecule has 0 aliphatic rings. The molecule has 0 aromatic heterocycles. The topological polar surface area (TPSA) is 85.9 Å². The number of carbonyl (C=O) groups excluding carboxylic acids is 2. The molecule has 1 amide bonds. The molecule has 0 radical (unpaired) electrons. The van der Waals surface area contributed by atoms with Crippen molar-refractivity contribution in [3.05, 3.63) is 84.4 Å². The van der Waals surface area contributed by atoms with Gasteiger partial charge in [0.1, 0.15) is 11.5 Å². The molecule has 31 heavy (non-hydrogen) atoms. The Morgan fingerprint density at radius 3 is 2.29 bits per heavy atom. The van der Waals surface area contributed by atoms with Gasteiger partial charge >= 0.3 is 5.97 Å². The molecule has 2 N–H and O–H groups in total. The van der Waals surface area contributed by atoms with E-state index < -0.39 is 11.9 Å². The summed E-state index contributed by atoms with van der Waals surface area (Å²) in [7, 11) is 1.58. The van der Waals surface area contributed by atoms with Crippen LogP contribution in [0.3, 0.4) is 0 Å². The summed E-state index contributed by atoms with van der Waals surface area (Å²) in [5, 5.41) is 5.95. The van der Waals surface area contributed by atoms with Crippen LogP contribution in [-0.2, 0) is 20.9 Å². The third kappa shape index (κ3) is 7.40. The minimum absolute atomic E-state index is 0.283. The summed E-state index contributed by atoms with van der Waals surface area (Å²) in [6.07, 6.45) is 0. The van der Waals surface area contributed by atoms with Crippen molar-refractivity contribution in [3.63, 3.8) is 0 Å². The van der Waals surface area contributed by atoms with Gasteiger partial charge in [-0.3, -0.25) is 4.79 Å². The van der Waals surface area contributed by atoms with Gasteiger partial charge in [0.2, 0.25) is 0 Å². The summed E-state index contributed by atoms with van der Waals surface area (Å²) >= 11 is 0. The Labute approximate surface area is 180 Å². The van der Waals surface area contributed by atoms with E-state index in [1.54, 1.807) is 19.2 Å². The minimum Gasteiger partial charge on any atom is -0.497 e. The first kappa shape index (κ1) is 21.7. The molecular weight excluding hydrogens is 396 g/mol. The fourth-order valence-electron chi connectivity index (χ4n) is 2.69. The summed E-state index contributed by atoms with van der Waals surface area (Å²) in [5.74, 6) is 0.216. The molecule has 160 valence electrons. The average molecular weight is 420 g/mol. The molecule has 0 saturated carbocycles. The van der Waals surface area contributed by atoms with Gasteiger partial charge in [-0.05, 0) is 54.1 Å². The molecule has 0 bridgehead atoms. The maximum Gasteiger partial charge on any atom is 0.344 e. The third-order valence-electron chi connectivity index (χ3n) is 4.26. The van der Waals surface area contributed by atoms with E-state index >= 15 is 0 Å². The number of nitrogens with one attached hydrogen (secondary N) is 2. The monoisotopic (exact) mass is 420 g/mol. The molecule has 3 aromatic carbocycles. The van der Waals surface area contributed by atoms with Crippen molar-refractivity contribution >= 4 is 23.3 Å². The number of hydrogen-bond acceptors (Lipinski definition) is 6. The maximum atomic E-state index is 11.9. The van der Waals surface area contributed by atoms with E-state index in [1.165, 1.54) is 0 Å². The van der Waals surface area contributed by atoms with Crippen LogP contribution >= 0.6 is 0 Å². The molecule has 7 heteroatoms. The number of carbonyl (C=O) groups is 2. The van der Waals surface area contributed by atoms with Crippen LogP contribution in [0.4, 0.5) is 11.4 Å². The predicted molar refractivity (Wildman–Crippen MR) is 117 cm³/mol. The van der Waals surface area contributed by atoms with Gasteiger partial charge in [0.05, 0.1) is 7.11 Å². The van der Waals surface area contributed by atoms with E-state index in [0.29, 0.717) is 18.0 Å². The highest BCUT2D eigenvalue weighted by atomic mass is 16.6. The van der Waals surface area contributed by atoms with Gasteiger partial charge in [-0.15, -0.1) is 0 Å². The zero-order valence-corrected chi connectivity index (χ0v) is 17.2. The number of hydrogen-bond donors (Lipinski definition) is 2. The van der Waals surface area contributed by atoms with Crippen LogP contribution in [-0.4, -0.2) is 32.2 Å². The Morgan fingerprint density at radius 2 is 1.55 bits per heavy atom. The van der Waals surface area contributed by atoms with Crippen LogP contribution in [0.5, 0.6) is 11.5 Å². The molecule has 3 rings (SSSR count). The summed E-state index contributed by atoms with van der Waals surface area (Å²) in [6, 6.07) is 24.3. The Bertz CT molecular complexity index is 990. The van der Waals surface area contributed by atoms with E-state index in [1.807, 2.05) is 66.7 Å². The van der Waals surface area contributed by atoms with E-state index in [-0.39, 0.29) is 13.2 Å². The summed E-state index contributed by atoms with van der Waals surface area (Å²) < 4.78 is 15.5. The molecule has 0 spiro atoms. The van der Waals surface area contributed by atoms with Crippen molar-refractivity contribution in [2.24, 2.45) is 0 Å². The van der Waals surface area contributed by atoms with Gasteiger partial charge in [-0.25, -0.2) is 4.79 Å². The first-order valence-electron chi connectivity index (χ1n) is 9.72. The van der Waals surface area contributed by atoms with Gasteiger partial charge in [0.15, 0.2) is 13.2 Å². The molecule has 0 aliphatic carbocycles. The first-order chi connectivity index (χ1) is 15.1. The smallest absolute Gasteiger partial charge is 0.344 e. The Hall–Kier alpha value is -4.00. The second kappa shape index (κ2) is 11.3. The summed E-state index contributed by atoms with van der Waals surface area (Å²) in [4.78, 5) is 23.7. The van der Waals surface area contributed by atoms with Crippen LogP contribution in [0.2, 0.25) is 0 Å². The second-order valence-corrected chi connectivity index (χ2v) is 6.59. The Kier molecular flexibility index (Phi) is 7.88. The number of esters is 1. The van der Waals surface area contributed by atoms with Gasteiger partial charge in [-0.2, -0.15) is 0 Å². The van der Waals surface area contributed by atoms with Crippen molar-refractivity contribution in [3.8, 4) is 11.5 Å². The van der Waals surface area contributed by atoms with Crippen LogP contribution in [0, 0.1) is 0 Å². The molecule has 0 fully saturated rings. The fourth-order valence-corrected chi connectivity index (χ4v) is 2.69. The lowest BCUT2D eigenvalue weighted by Gasteiger charge is -2.10. The number of benzene rings is 3. The first-order valence-corrected chi connectivity index (χ1v) is 9.72. The summed E-state index contributed by atoms with van der Waals surface area (Å²) in [6.45, 7) is -0.339. The number of anilines is 2. The van der Waals surface area contributed by atoms with Crippen LogP contribution < -0.4 is 20.1 Å². The predicted octanol–water partition coefficient (Wildman–Crippen LogP) is 3.68. The molecular formula is C24H24N2O5. The summed E-state index contributed by atoms with van der Waals surface area (Å²) in [5.41, 5.74) is 2.76. The van der Waals surface area contributed by atoms with Crippen molar-refractivity contribution in [2.45, 2.75) is 6.54 Å². The molecule has 0 atom stereocenters. The number of para-hydroxylation sites is 1. The third-order valence-corrected chi connectivity index (χ3v) is 4.26. The molecule has 3 aromatic rings. The number of rotatable bonds is 10.